The first-order valence-corrected chi connectivity index (χ1v) is 9.84. The molecule has 3 heterocycles. The predicted octanol–water partition coefficient (Wildman–Crippen LogP) is 5.26. The van der Waals surface area contributed by atoms with E-state index >= 15 is 0 Å². The highest BCUT2D eigenvalue weighted by molar-refractivity contribution is 7.08. The standard InChI is InChI=1S/C20H23N3OS/c1-14(2)16-7-5-15(6-8-16)12-23-10-3-4-18(23)20-22-21-19(24-20)17-9-11-25-13-17/h5-9,11,13-14,18H,3-4,10,12H2,1-2H3. The van der Waals surface area contributed by atoms with Crippen LogP contribution in [0.2, 0.25) is 0 Å². The fourth-order valence-corrected chi connectivity index (χ4v) is 4.04. The Kier molecular flexibility index (Phi) is 4.68. The molecule has 130 valence electrons. The second-order valence-corrected chi connectivity index (χ2v) is 7.76. The van der Waals surface area contributed by atoms with Crippen LogP contribution in [0.3, 0.4) is 0 Å². The van der Waals surface area contributed by atoms with Gasteiger partial charge in [-0.3, -0.25) is 4.90 Å². The van der Waals surface area contributed by atoms with Gasteiger partial charge < -0.3 is 4.42 Å². The summed E-state index contributed by atoms with van der Waals surface area (Å²) in [5.41, 5.74) is 3.74. The van der Waals surface area contributed by atoms with Gasteiger partial charge in [-0.25, -0.2) is 0 Å². The van der Waals surface area contributed by atoms with Crippen LogP contribution in [-0.2, 0) is 6.54 Å². The summed E-state index contributed by atoms with van der Waals surface area (Å²) >= 11 is 1.64. The van der Waals surface area contributed by atoms with Gasteiger partial charge in [-0.2, -0.15) is 11.3 Å². The van der Waals surface area contributed by atoms with Crippen LogP contribution in [0.4, 0.5) is 0 Å². The Labute approximate surface area is 152 Å². The summed E-state index contributed by atoms with van der Waals surface area (Å²) < 4.78 is 5.97. The molecule has 3 aromatic rings. The topological polar surface area (TPSA) is 42.2 Å². The van der Waals surface area contributed by atoms with Gasteiger partial charge in [0.2, 0.25) is 11.8 Å². The molecule has 2 aromatic heterocycles. The first-order valence-electron chi connectivity index (χ1n) is 8.89. The fraction of sp³-hybridized carbons (Fsp3) is 0.400. The lowest BCUT2D eigenvalue weighted by Crippen LogP contribution is -2.23. The van der Waals surface area contributed by atoms with Crippen molar-refractivity contribution in [2.75, 3.05) is 6.54 Å². The molecule has 1 fully saturated rings. The van der Waals surface area contributed by atoms with Gasteiger partial charge in [0.1, 0.15) is 0 Å². The average molecular weight is 353 g/mol. The summed E-state index contributed by atoms with van der Waals surface area (Å²) in [5, 5.41) is 12.6. The van der Waals surface area contributed by atoms with Crippen LogP contribution < -0.4 is 0 Å². The van der Waals surface area contributed by atoms with Crippen LogP contribution >= 0.6 is 11.3 Å². The molecule has 25 heavy (non-hydrogen) atoms. The van der Waals surface area contributed by atoms with Gasteiger partial charge in [-0.05, 0) is 47.9 Å². The van der Waals surface area contributed by atoms with E-state index < -0.39 is 0 Å². The zero-order valence-electron chi connectivity index (χ0n) is 14.7. The van der Waals surface area contributed by atoms with Crippen molar-refractivity contribution in [3.8, 4) is 11.5 Å². The van der Waals surface area contributed by atoms with Crippen molar-refractivity contribution in [2.24, 2.45) is 0 Å². The third-order valence-corrected chi connectivity index (χ3v) is 5.57. The Hall–Kier alpha value is -1.98. The van der Waals surface area contributed by atoms with Crippen molar-refractivity contribution in [1.82, 2.24) is 15.1 Å². The van der Waals surface area contributed by atoms with Crippen LogP contribution in [0.25, 0.3) is 11.5 Å². The lowest BCUT2D eigenvalue weighted by Gasteiger charge is -2.21. The highest BCUT2D eigenvalue weighted by Crippen LogP contribution is 2.34. The van der Waals surface area contributed by atoms with E-state index in [0.29, 0.717) is 11.8 Å². The Morgan fingerprint density at radius 2 is 2.04 bits per heavy atom. The van der Waals surface area contributed by atoms with E-state index in [0.717, 1.165) is 31.0 Å². The van der Waals surface area contributed by atoms with Crippen molar-refractivity contribution in [3.63, 3.8) is 0 Å². The average Bonchev–Trinajstić information content (AvgIpc) is 3.36. The molecule has 0 amide bonds. The zero-order valence-corrected chi connectivity index (χ0v) is 15.5. The van der Waals surface area contributed by atoms with Gasteiger partial charge in [0.25, 0.3) is 0 Å². The van der Waals surface area contributed by atoms with Gasteiger partial charge in [-0.15, -0.1) is 10.2 Å². The lowest BCUT2D eigenvalue weighted by atomic mass is 10.0. The van der Waals surface area contributed by atoms with Crippen molar-refractivity contribution >= 4 is 11.3 Å². The molecule has 0 radical (unpaired) electrons. The van der Waals surface area contributed by atoms with Crippen molar-refractivity contribution in [3.05, 3.63) is 58.1 Å². The van der Waals surface area contributed by atoms with E-state index in [9.17, 15) is 0 Å². The maximum absolute atomic E-state index is 5.97. The summed E-state index contributed by atoms with van der Waals surface area (Å²) in [6.45, 7) is 6.46. The van der Waals surface area contributed by atoms with E-state index in [-0.39, 0.29) is 6.04 Å². The first-order chi connectivity index (χ1) is 12.2. The molecular weight excluding hydrogens is 330 g/mol. The van der Waals surface area contributed by atoms with E-state index in [1.807, 2.05) is 16.8 Å². The minimum Gasteiger partial charge on any atom is -0.419 e. The minimum atomic E-state index is 0.227. The normalized spacial score (nSPS) is 18.3. The number of nitrogens with zero attached hydrogens (tertiary/aromatic N) is 3. The molecule has 5 heteroatoms. The third kappa shape index (κ3) is 3.53. The Balaban J connectivity index is 1.49. The molecule has 4 nitrogen and oxygen atoms in total. The van der Waals surface area contributed by atoms with Crippen molar-refractivity contribution in [1.29, 1.82) is 0 Å². The number of aromatic nitrogens is 2. The molecule has 0 bridgehead atoms. The largest absolute Gasteiger partial charge is 0.419 e. The monoisotopic (exact) mass is 353 g/mol. The maximum atomic E-state index is 5.97. The quantitative estimate of drug-likeness (QED) is 0.627. The molecule has 4 rings (SSSR count). The molecule has 1 atom stereocenters. The van der Waals surface area contributed by atoms with E-state index in [2.05, 4.69) is 53.2 Å². The summed E-state index contributed by atoms with van der Waals surface area (Å²) in [7, 11) is 0. The summed E-state index contributed by atoms with van der Waals surface area (Å²) in [6.07, 6.45) is 2.25. The van der Waals surface area contributed by atoms with Crippen LogP contribution in [0.1, 0.15) is 55.7 Å². The number of rotatable bonds is 5. The fourth-order valence-electron chi connectivity index (χ4n) is 3.41. The molecule has 0 aliphatic carbocycles. The second kappa shape index (κ2) is 7.10. The Morgan fingerprint density at radius 1 is 1.20 bits per heavy atom. The zero-order chi connectivity index (χ0) is 17.2. The van der Waals surface area contributed by atoms with Gasteiger partial charge in [0.15, 0.2) is 0 Å². The second-order valence-electron chi connectivity index (χ2n) is 6.98. The molecule has 0 N–H and O–H groups in total. The van der Waals surface area contributed by atoms with Crippen molar-refractivity contribution in [2.45, 2.75) is 45.2 Å². The molecule has 1 unspecified atom stereocenters. The SMILES string of the molecule is CC(C)c1ccc(CN2CCCC2c2nnc(-c3ccsc3)o2)cc1. The maximum Gasteiger partial charge on any atom is 0.248 e. The molecule has 1 saturated heterocycles. The Bertz CT molecular complexity index is 808. The third-order valence-electron chi connectivity index (χ3n) is 4.89. The van der Waals surface area contributed by atoms with Gasteiger partial charge >= 0.3 is 0 Å². The number of thiophene rings is 1. The number of hydrogen-bond acceptors (Lipinski definition) is 5. The summed E-state index contributed by atoms with van der Waals surface area (Å²) in [4.78, 5) is 2.45. The molecule has 0 saturated carbocycles. The van der Waals surface area contributed by atoms with E-state index in [1.54, 1.807) is 11.3 Å². The van der Waals surface area contributed by atoms with E-state index in [1.165, 1.54) is 17.5 Å². The number of hydrogen-bond donors (Lipinski definition) is 0. The summed E-state index contributed by atoms with van der Waals surface area (Å²) in [5.74, 6) is 1.95. The van der Waals surface area contributed by atoms with Gasteiger partial charge in [0.05, 0.1) is 6.04 Å². The van der Waals surface area contributed by atoms with Crippen LogP contribution in [-0.4, -0.2) is 21.6 Å². The highest BCUT2D eigenvalue weighted by Gasteiger charge is 2.30. The molecular formula is C20H23N3OS. The molecule has 1 aromatic carbocycles. The predicted molar refractivity (Wildman–Crippen MR) is 101 cm³/mol. The number of likely N-dealkylation sites (tertiary alicyclic amines) is 1. The summed E-state index contributed by atoms with van der Waals surface area (Å²) in [6, 6.07) is 11.2. The Morgan fingerprint density at radius 3 is 2.76 bits per heavy atom. The van der Waals surface area contributed by atoms with Gasteiger partial charge in [-0.1, -0.05) is 38.1 Å². The van der Waals surface area contributed by atoms with Crippen LogP contribution in [0.5, 0.6) is 0 Å². The minimum absolute atomic E-state index is 0.227. The number of benzene rings is 1. The lowest BCUT2D eigenvalue weighted by molar-refractivity contribution is 0.215. The molecule has 1 aliphatic rings. The van der Waals surface area contributed by atoms with Crippen LogP contribution in [0.15, 0.2) is 45.5 Å². The van der Waals surface area contributed by atoms with E-state index in [4.69, 9.17) is 4.42 Å². The molecule has 0 spiro atoms. The molecule has 1 aliphatic heterocycles. The first kappa shape index (κ1) is 16.5. The van der Waals surface area contributed by atoms with Crippen LogP contribution in [0, 0.1) is 0 Å². The highest BCUT2D eigenvalue weighted by atomic mass is 32.1. The van der Waals surface area contributed by atoms with Crippen molar-refractivity contribution < 1.29 is 4.42 Å². The smallest absolute Gasteiger partial charge is 0.248 e. The van der Waals surface area contributed by atoms with Gasteiger partial charge in [0, 0.05) is 17.5 Å².